The van der Waals surface area contributed by atoms with Crippen LogP contribution in [0.2, 0.25) is 0 Å². The molecular formula is C13H24N2OS. The van der Waals surface area contributed by atoms with E-state index in [1.807, 2.05) is 11.8 Å². The molecule has 0 aromatic carbocycles. The molecule has 2 aliphatic rings. The Balaban J connectivity index is 1.82. The summed E-state index contributed by atoms with van der Waals surface area (Å²) in [6.45, 7) is 8.47. The van der Waals surface area contributed by atoms with Gasteiger partial charge in [-0.15, -0.1) is 0 Å². The van der Waals surface area contributed by atoms with Crippen molar-refractivity contribution in [2.45, 2.75) is 37.9 Å². The van der Waals surface area contributed by atoms with Gasteiger partial charge in [-0.3, -0.25) is 4.79 Å². The van der Waals surface area contributed by atoms with Gasteiger partial charge in [0.25, 0.3) is 0 Å². The normalized spacial score (nSPS) is 29.1. The summed E-state index contributed by atoms with van der Waals surface area (Å²) in [5, 5.41) is 3.38. The fourth-order valence-corrected chi connectivity index (χ4v) is 3.81. The number of nitrogens with zero attached hydrogens (tertiary/aromatic N) is 1. The van der Waals surface area contributed by atoms with Crippen molar-refractivity contribution >= 4 is 17.7 Å². The molecule has 0 spiro atoms. The molecule has 0 radical (unpaired) electrons. The maximum Gasteiger partial charge on any atom is 0.222 e. The highest BCUT2D eigenvalue weighted by Crippen LogP contribution is 2.30. The predicted octanol–water partition coefficient (Wildman–Crippen LogP) is 1.73. The molecule has 2 saturated heterocycles. The molecule has 1 atom stereocenters. The van der Waals surface area contributed by atoms with Gasteiger partial charge < -0.3 is 10.2 Å². The smallest absolute Gasteiger partial charge is 0.222 e. The van der Waals surface area contributed by atoms with Crippen molar-refractivity contribution in [3.05, 3.63) is 0 Å². The first kappa shape index (κ1) is 13.2. The maximum absolute atomic E-state index is 12.2. The zero-order chi connectivity index (χ0) is 12.3. The fraction of sp³-hybridized carbons (Fsp3) is 0.923. The van der Waals surface area contributed by atoms with Crippen LogP contribution in [0.1, 0.15) is 33.1 Å². The molecule has 0 aromatic heterocycles. The molecule has 1 amide bonds. The monoisotopic (exact) mass is 256 g/mol. The van der Waals surface area contributed by atoms with Gasteiger partial charge >= 0.3 is 0 Å². The standard InChI is InChI=1S/C13H24N2OS/c1-13(2)10-15(6-7-17-13)12(16)8-11-4-3-5-14-9-11/h11,14H,3-10H2,1-2H3. The van der Waals surface area contributed by atoms with Crippen molar-refractivity contribution in [3.8, 4) is 0 Å². The van der Waals surface area contributed by atoms with Crippen LogP contribution in [-0.4, -0.2) is 47.5 Å². The van der Waals surface area contributed by atoms with Crippen LogP contribution >= 0.6 is 11.8 Å². The summed E-state index contributed by atoms with van der Waals surface area (Å²) in [5.74, 6) is 2.02. The van der Waals surface area contributed by atoms with Gasteiger partial charge in [-0.1, -0.05) is 0 Å². The van der Waals surface area contributed by atoms with E-state index in [-0.39, 0.29) is 4.75 Å². The average molecular weight is 256 g/mol. The lowest BCUT2D eigenvalue weighted by Crippen LogP contribution is -2.47. The molecule has 1 unspecified atom stereocenters. The van der Waals surface area contributed by atoms with Crippen LogP contribution in [0.15, 0.2) is 0 Å². The summed E-state index contributed by atoms with van der Waals surface area (Å²) in [5.41, 5.74) is 0. The Morgan fingerprint density at radius 3 is 3.00 bits per heavy atom. The maximum atomic E-state index is 12.2. The minimum Gasteiger partial charge on any atom is -0.340 e. The van der Waals surface area contributed by atoms with E-state index in [1.54, 1.807) is 0 Å². The van der Waals surface area contributed by atoms with Crippen molar-refractivity contribution in [2.24, 2.45) is 5.92 Å². The molecule has 2 fully saturated rings. The van der Waals surface area contributed by atoms with Crippen molar-refractivity contribution in [2.75, 3.05) is 31.9 Å². The van der Waals surface area contributed by atoms with E-state index in [2.05, 4.69) is 24.1 Å². The van der Waals surface area contributed by atoms with Gasteiger partial charge in [0.1, 0.15) is 0 Å². The minimum atomic E-state index is 0.235. The van der Waals surface area contributed by atoms with Crippen LogP contribution in [-0.2, 0) is 4.79 Å². The minimum absolute atomic E-state index is 0.235. The third-order valence-electron chi connectivity index (χ3n) is 3.64. The molecular weight excluding hydrogens is 232 g/mol. The van der Waals surface area contributed by atoms with Crippen LogP contribution in [0.4, 0.5) is 0 Å². The zero-order valence-corrected chi connectivity index (χ0v) is 11.8. The largest absolute Gasteiger partial charge is 0.340 e. The van der Waals surface area contributed by atoms with Crippen LogP contribution in [0.5, 0.6) is 0 Å². The van der Waals surface area contributed by atoms with Gasteiger partial charge in [-0.05, 0) is 45.7 Å². The van der Waals surface area contributed by atoms with Crippen LogP contribution < -0.4 is 5.32 Å². The van der Waals surface area contributed by atoms with Crippen molar-refractivity contribution < 1.29 is 4.79 Å². The Bertz CT molecular complexity index is 275. The molecule has 2 aliphatic heterocycles. The molecule has 0 aromatic rings. The van der Waals surface area contributed by atoms with Gasteiger partial charge in [-0.25, -0.2) is 0 Å². The second kappa shape index (κ2) is 5.61. The number of hydrogen-bond donors (Lipinski definition) is 1. The molecule has 4 heteroatoms. The lowest BCUT2D eigenvalue weighted by atomic mass is 9.95. The van der Waals surface area contributed by atoms with Gasteiger partial charge in [0.05, 0.1) is 0 Å². The van der Waals surface area contributed by atoms with Crippen LogP contribution in [0.25, 0.3) is 0 Å². The summed E-state index contributed by atoms with van der Waals surface area (Å²) >= 11 is 1.98. The number of carbonyl (C=O) groups excluding carboxylic acids is 1. The van der Waals surface area contributed by atoms with E-state index in [9.17, 15) is 4.79 Å². The molecule has 0 saturated carbocycles. The van der Waals surface area contributed by atoms with E-state index < -0.39 is 0 Å². The van der Waals surface area contributed by atoms with Crippen molar-refractivity contribution in [1.82, 2.24) is 10.2 Å². The molecule has 3 nitrogen and oxygen atoms in total. The number of rotatable bonds is 2. The quantitative estimate of drug-likeness (QED) is 0.816. The number of carbonyl (C=O) groups is 1. The Hall–Kier alpha value is -0.220. The van der Waals surface area contributed by atoms with Crippen molar-refractivity contribution in [1.29, 1.82) is 0 Å². The van der Waals surface area contributed by atoms with Crippen molar-refractivity contribution in [3.63, 3.8) is 0 Å². The number of nitrogens with one attached hydrogen (secondary N) is 1. The SMILES string of the molecule is CC1(C)CN(C(=O)CC2CCCNC2)CCS1. The molecule has 0 aliphatic carbocycles. The zero-order valence-electron chi connectivity index (χ0n) is 11.0. The summed E-state index contributed by atoms with van der Waals surface area (Å²) in [4.78, 5) is 14.3. The highest BCUT2D eigenvalue weighted by atomic mass is 32.2. The van der Waals surface area contributed by atoms with E-state index in [0.717, 1.165) is 38.4 Å². The second-order valence-corrected chi connectivity index (χ2v) is 7.64. The Kier molecular flexibility index (Phi) is 4.36. The molecule has 98 valence electrons. The second-order valence-electron chi connectivity index (χ2n) is 5.84. The Morgan fingerprint density at radius 1 is 1.53 bits per heavy atom. The predicted molar refractivity (Wildman–Crippen MR) is 73.3 cm³/mol. The van der Waals surface area contributed by atoms with Gasteiger partial charge in [0, 0.05) is 30.0 Å². The van der Waals surface area contributed by atoms with E-state index in [0.29, 0.717) is 11.8 Å². The third-order valence-corrected chi connectivity index (χ3v) is 4.94. The highest BCUT2D eigenvalue weighted by molar-refractivity contribution is 8.00. The average Bonchev–Trinajstić information content (AvgIpc) is 2.29. The molecule has 1 N–H and O–H groups in total. The first-order valence-electron chi connectivity index (χ1n) is 6.69. The van der Waals surface area contributed by atoms with Gasteiger partial charge in [-0.2, -0.15) is 11.8 Å². The molecule has 2 heterocycles. The van der Waals surface area contributed by atoms with Crippen LogP contribution in [0, 0.1) is 5.92 Å². The summed E-state index contributed by atoms with van der Waals surface area (Å²) in [7, 11) is 0. The number of thioether (sulfide) groups is 1. The van der Waals surface area contributed by atoms with E-state index in [1.165, 1.54) is 12.8 Å². The first-order chi connectivity index (χ1) is 8.07. The molecule has 2 rings (SSSR count). The summed E-state index contributed by atoms with van der Waals surface area (Å²) in [6, 6.07) is 0. The third kappa shape index (κ3) is 3.88. The first-order valence-corrected chi connectivity index (χ1v) is 7.68. The Morgan fingerprint density at radius 2 is 2.35 bits per heavy atom. The van der Waals surface area contributed by atoms with Gasteiger partial charge in [0.2, 0.25) is 5.91 Å². The number of hydrogen-bond acceptors (Lipinski definition) is 3. The topological polar surface area (TPSA) is 32.3 Å². The van der Waals surface area contributed by atoms with E-state index in [4.69, 9.17) is 0 Å². The molecule has 0 bridgehead atoms. The summed E-state index contributed by atoms with van der Waals surface area (Å²) in [6.07, 6.45) is 3.18. The number of piperidine rings is 1. The highest BCUT2D eigenvalue weighted by Gasteiger charge is 2.30. The lowest BCUT2D eigenvalue weighted by molar-refractivity contribution is -0.132. The lowest BCUT2D eigenvalue weighted by Gasteiger charge is -2.38. The van der Waals surface area contributed by atoms with Gasteiger partial charge in [0.15, 0.2) is 0 Å². The van der Waals surface area contributed by atoms with E-state index >= 15 is 0 Å². The summed E-state index contributed by atoms with van der Waals surface area (Å²) < 4.78 is 0.235. The molecule has 17 heavy (non-hydrogen) atoms. The Labute approximate surface area is 109 Å². The van der Waals surface area contributed by atoms with Crippen LogP contribution in [0.3, 0.4) is 0 Å². The fourth-order valence-electron chi connectivity index (χ4n) is 2.70. The number of amides is 1.